The second-order valence-electron chi connectivity index (χ2n) is 23.2. The van der Waals surface area contributed by atoms with Crippen LogP contribution in [0.25, 0.3) is 67.1 Å². The zero-order chi connectivity index (χ0) is 53.0. The number of halogens is 4. The van der Waals surface area contributed by atoms with Crippen molar-refractivity contribution in [2.45, 2.75) is 108 Å². The molecule has 4 heterocycles. The lowest BCUT2D eigenvalue weighted by atomic mass is 9.61. The van der Waals surface area contributed by atoms with Crippen LogP contribution in [0.5, 0.6) is 0 Å². The Labute approximate surface area is 441 Å². The van der Waals surface area contributed by atoms with Gasteiger partial charge in [0, 0.05) is 93.7 Å². The summed E-state index contributed by atoms with van der Waals surface area (Å²) < 4.78 is 63.3. The Bertz CT molecular complexity index is 3630. The van der Waals surface area contributed by atoms with Crippen molar-refractivity contribution in [1.29, 1.82) is 0 Å². The van der Waals surface area contributed by atoms with Gasteiger partial charge in [-0.05, 0) is 117 Å². The van der Waals surface area contributed by atoms with Crippen molar-refractivity contribution >= 4 is 45.4 Å². The molecule has 0 amide bonds. The fourth-order valence-corrected chi connectivity index (χ4v) is 13.9. The van der Waals surface area contributed by atoms with Crippen molar-refractivity contribution in [3.63, 3.8) is 0 Å². The number of rotatable bonds is 14. The van der Waals surface area contributed by atoms with Crippen LogP contribution < -0.4 is 10.6 Å². The van der Waals surface area contributed by atoms with E-state index in [0.717, 1.165) is 87.5 Å². The third kappa shape index (κ3) is 8.96. The lowest BCUT2D eigenvalue weighted by Crippen LogP contribution is -2.51. The summed E-state index contributed by atoms with van der Waals surface area (Å²) in [5.41, 5.74) is 5.19. The van der Waals surface area contributed by atoms with Gasteiger partial charge in [0.1, 0.15) is 34.9 Å². The molecule has 4 aromatic heterocycles. The quantitative estimate of drug-likeness (QED) is 0.0660. The summed E-state index contributed by atoms with van der Waals surface area (Å²) in [6, 6.07) is 23.2. The van der Waals surface area contributed by atoms with E-state index in [1.54, 1.807) is 23.0 Å². The molecule has 4 bridgehead atoms. The van der Waals surface area contributed by atoms with Crippen LogP contribution in [0.15, 0.2) is 97.3 Å². The summed E-state index contributed by atoms with van der Waals surface area (Å²) in [6.45, 7) is 4.32. The Balaban J connectivity index is 0.852. The molecule has 16 heteroatoms. The van der Waals surface area contributed by atoms with Crippen molar-refractivity contribution in [3.05, 3.63) is 132 Å². The van der Waals surface area contributed by atoms with E-state index in [1.807, 2.05) is 56.3 Å². The molecule has 5 N–H and O–H groups in total. The molecule has 7 aliphatic rings. The molecular formula is C61H58F4N8O4. The fraction of sp³-hybridized carbons (Fsp3) is 0.377. The van der Waals surface area contributed by atoms with Crippen LogP contribution in [-0.4, -0.2) is 63.7 Å². The maximum Gasteiger partial charge on any atom is 0.308 e. The second kappa shape index (κ2) is 18.8. The fourth-order valence-electron chi connectivity index (χ4n) is 13.9. The first-order valence-corrected chi connectivity index (χ1v) is 27.1. The SMILES string of the molecule is CC(C)(Cn1cc(-c2nc(NC3C4CCC(CC4)C3C(=O)O)cc(-c3ccc(C4CC4)cc3)n2)c2cc(F)cc(F)c21)c1ccc(-c2cc(NC3C4CCC(CC4)C3C(=O)O)nc(-c3c[nH]c4c(F)cc(F)cc34)n2)cc1. The first-order chi connectivity index (χ1) is 37.1. The van der Waals surface area contributed by atoms with Gasteiger partial charge in [0.15, 0.2) is 11.6 Å². The van der Waals surface area contributed by atoms with Crippen LogP contribution in [0.4, 0.5) is 29.2 Å². The molecular weight excluding hydrogens is 985 g/mol. The molecule has 0 radical (unpaired) electrons. The number of aliphatic carboxylic acids is 2. The number of benzene rings is 4. The Morgan fingerprint density at radius 1 is 0.610 bits per heavy atom. The average molecular weight is 1040 g/mol. The maximum absolute atomic E-state index is 16.4. The minimum Gasteiger partial charge on any atom is -0.481 e. The second-order valence-corrected chi connectivity index (χ2v) is 23.2. The molecule has 77 heavy (non-hydrogen) atoms. The molecule has 0 saturated heterocycles. The van der Waals surface area contributed by atoms with Gasteiger partial charge in [-0.1, -0.05) is 62.4 Å². The third-order valence-corrected chi connectivity index (χ3v) is 18.0. The molecule has 8 aromatic rings. The van der Waals surface area contributed by atoms with Crippen molar-refractivity contribution < 1.29 is 37.4 Å². The van der Waals surface area contributed by atoms with Crippen molar-refractivity contribution in [2.75, 3.05) is 10.6 Å². The lowest BCUT2D eigenvalue weighted by Gasteiger charge is -2.47. The van der Waals surface area contributed by atoms with Gasteiger partial charge in [-0.25, -0.2) is 37.5 Å². The van der Waals surface area contributed by atoms with Gasteiger partial charge >= 0.3 is 11.9 Å². The molecule has 7 saturated carbocycles. The highest BCUT2D eigenvalue weighted by Gasteiger charge is 2.49. The number of carboxylic acids is 2. The molecule has 4 unspecified atom stereocenters. The van der Waals surface area contributed by atoms with Crippen LogP contribution in [0.2, 0.25) is 0 Å². The molecule has 12 nitrogen and oxygen atoms in total. The Kier molecular flexibility index (Phi) is 12.0. The summed E-state index contributed by atoms with van der Waals surface area (Å²) in [5, 5.41) is 28.5. The van der Waals surface area contributed by atoms with E-state index in [9.17, 15) is 28.6 Å². The summed E-state index contributed by atoms with van der Waals surface area (Å²) in [6.07, 6.45) is 12.8. The molecule has 394 valence electrons. The smallest absolute Gasteiger partial charge is 0.308 e. The summed E-state index contributed by atoms with van der Waals surface area (Å²) >= 11 is 0. The number of fused-ring (bicyclic) bond motifs is 8. The van der Waals surface area contributed by atoms with Crippen LogP contribution in [0.3, 0.4) is 0 Å². The van der Waals surface area contributed by atoms with E-state index in [4.69, 9.17) is 19.9 Å². The molecule has 4 atom stereocenters. The number of carbonyl (C=O) groups is 2. The normalized spacial score (nSPS) is 23.9. The highest BCUT2D eigenvalue weighted by atomic mass is 19.1. The van der Waals surface area contributed by atoms with E-state index in [1.165, 1.54) is 17.7 Å². The molecule has 7 aliphatic carbocycles. The minimum absolute atomic E-state index is 0.0470. The van der Waals surface area contributed by atoms with Crippen molar-refractivity contribution in [3.8, 4) is 45.3 Å². The highest BCUT2D eigenvalue weighted by Crippen LogP contribution is 2.49. The zero-order valence-electron chi connectivity index (χ0n) is 42.7. The zero-order valence-corrected chi connectivity index (χ0v) is 42.7. The number of aromatic nitrogens is 6. The van der Waals surface area contributed by atoms with E-state index < -0.39 is 52.5 Å². The Morgan fingerprint density at radius 2 is 1.10 bits per heavy atom. The number of nitrogens with zero attached hydrogens (tertiary/aromatic N) is 5. The topological polar surface area (TPSA) is 171 Å². The monoisotopic (exact) mass is 1040 g/mol. The number of nitrogens with one attached hydrogen (secondary N) is 3. The first kappa shape index (κ1) is 49.0. The lowest BCUT2D eigenvalue weighted by molar-refractivity contribution is -0.149. The number of anilines is 2. The Morgan fingerprint density at radius 3 is 1.64 bits per heavy atom. The van der Waals surface area contributed by atoms with Crippen LogP contribution in [0, 0.1) is 58.8 Å². The molecule has 0 aliphatic heterocycles. The van der Waals surface area contributed by atoms with Crippen molar-refractivity contribution in [1.82, 2.24) is 29.5 Å². The van der Waals surface area contributed by atoms with Gasteiger partial charge in [-0.3, -0.25) is 9.59 Å². The van der Waals surface area contributed by atoms with Gasteiger partial charge in [-0.2, -0.15) is 0 Å². The minimum atomic E-state index is -0.849. The van der Waals surface area contributed by atoms with Gasteiger partial charge in [0.05, 0.1) is 34.3 Å². The number of carboxylic acid groups (broad SMARTS) is 2. The van der Waals surface area contributed by atoms with E-state index in [2.05, 4.69) is 27.8 Å². The van der Waals surface area contributed by atoms with Crippen LogP contribution in [-0.2, 0) is 21.5 Å². The number of aromatic amines is 1. The molecule has 15 rings (SSSR count). The van der Waals surface area contributed by atoms with E-state index in [-0.39, 0.29) is 70.4 Å². The molecule has 0 spiro atoms. The van der Waals surface area contributed by atoms with Crippen LogP contribution >= 0.6 is 0 Å². The third-order valence-electron chi connectivity index (χ3n) is 18.0. The van der Waals surface area contributed by atoms with Gasteiger partial charge in [-0.15, -0.1) is 0 Å². The largest absolute Gasteiger partial charge is 0.481 e. The van der Waals surface area contributed by atoms with Gasteiger partial charge in [0.2, 0.25) is 0 Å². The predicted molar refractivity (Wildman–Crippen MR) is 286 cm³/mol. The standard InChI is InChI=1S/C61H58F4N8O4/c1-61(2,38-19-17-33(18-20-38)48-26-49(69-53-36-13-9-34(10-14-36)51(53)59(74)75)71-57(67-48)43-27-66-55-41(43)21-39(62)23-45(55)64)29-73-28-44(42-22-40(63)24-46(65)56(42)73)58-68-47(32-7-5-31(6-8-32)30-3-4-30)25-50(72-58)70-54-37-15-11-35(12-16-37)52(54)60(76)77/h5-8,17-28,30,34-37,51-54,66H,3-4,9-16,29H2,1-2H3,(H,74,75)(H,76,77)(H,67,69,71)(H,68,70,72). The predicted octanol–water partition coefficient (Wildman–Crippen LogP) is 13.4. The first-order valence-electron chi connectivity index (χ1n) is 27.1. The number of hydrogen-bond acceptors (Lipinski definition) is 8. The number of hydrogen-bond donors (Lipinski definition) is 5. The summed E-state index contributed by atoms with van der Waals surface area (Å²) in [5.74, 6) is -3.59. The van der Waals surface area contributed by atoms with Gasteiger partial charge < -0.3 is 30.4 Å². The van der Waals surface area contributed by atoms with E-state index in [0.29, 0.717) is 51.0 Å². The van der Waals surface area contributed by atoms with Crippen molar-refractivity contribution in [2.24, 2.45) is 35.5 Å². The average Bonchev–Trinajstić information content (AvgIpc) is 4.10. The van der Waals surface area contributed by atoms with Gasteiger partial charge in [0.25, 0.3) is 0 Å². The number of H-pyrrole nitrogens is 1. The maximum atomic E-state index is 16.4. The molecule has 4 aromatic carbocycles. The Hall–Kier alpha value is -7.62. The van der Waals surface area contributed by atoms with E-state index >= 15 is 8.78 Å². The highest BCUT2D eigenvalue weighted by molar-refractivity contribution is 5.96. The summed E-state index contributed by atoms with van der Waals surface area (Å²) in [7, 11) is 0. The molecule has 7 fully saturated rings. The van der Waals surface area contributed by atoms with Crippen LogP contribution in [0.1, 0.15) is 95.1 Å². The summed E-state index contributed by atoms with van der Waals surface area (Å²) in [4.78, 5) is 48.3.